The third-order valence-electron chi connectivity index (χ3n) is 4.23. The van der Waals surface area contributed by atoms with Crippen molar-refractivity contribution in [3.8, 4) is 0 Å². The fraction of sp³-hybridized carbons (Fsp3) is 0.316. The largest absolute Gasteiger partial charge is 0.325 e. The Morgan fingerprint density at radius 2 is 1.52 bits per heavy atom. The Morgan fingerprint density at radius 1 is 0.920 bits per heavy atom. The van der Waals surface area contributed by atoms with E-state index >= 15 is 0 Å². The van der Waals surface area contributed by atoms with Gasteiger partial charge in [-0.15, -0.1) is 0 Å². The Morgan fingerprint density at radius 3 is 2.16 bits per heavy atom. The van der Waals surface area contributed by atoms with Crippen LogP contribution in [0.5, 0.6) is 0 Å². The molecule has 0 bridgehead atoms. The van der Waals surface area contributed by atoms with E-state index in [0.717, 1.165) is 50.9 Å². The maximum atomic E-state index is 13.2. The van der Waals surface area contributed by atoms with Crippen LogP contribution < -0.4 is 5.32 Å². The lowest BCUT2D eigenvalue weighted by Crippen LogP contribution is -2.48. The molecule has 2 aromatic rings. The van der Waals surface area contributed by atoms with Gasteiger partial charge in [-0.1, -0.05) is 30.3 Å². The molecule has 1 heterocycles. The Labute approximate surface area is 146 Å². The van der Waals surface area contributed by atoms with Gasteiger partial charge in [0.1, 0.15) is 11.6 Å². The summed E-state index contributed by atoms with van der Waals surface area (Å²) in [7, 11) is 0. The summed E-state index contributed by atoms with van der Waals surface area (Å²) in [4.78, 5) is 16.5. The number of hydrogen-bond donors (Lipinski definition) is 1. The highest BCUT2D eigenvalue weighted by atomic mass is 19.1. The van der Waals surface area contributed by atoms with Crippen LogP contribution in [0.4, 0.5) is 14.5 Å². The molecule has 1 aliphatic heterocycles. The highest BCUT2D eigenvalue weighted by Gasteiger charge is 2.19. The van der Waals surface area contributed by atoms with Gasteiger partial charge in [-0.05, 0) is 17.7 Å². The number of carbonyl (C=O) groups excluding carboxylic acids is 1. The third-order valence-corrected chi connectivity index (χ3v) is 4.23. The molecular formula is C19H21F2N3O. The van der Waals surface area contributed by atoms with Gasteiger partial charge < -0.3 is 5.32 Å². The normalized spacial score (nSPS) is 15.9. The Kier molecular flexibility index (Phi) is 5.73. The highest BCUT2D eigenvalue weighted by Crippen LogP contribution is 2.13. The van der Waals surface area contributed by atoms with Crippen LogP contribution in [0.15, 0.2) is 48.5 Å². The fourth-order valence-electron chi connectivity index (χ4n) is 2.98. The van der Waals surface area contributed by atoms with Gasteiger partial charge in [0.15, 0.2) is 0 Å². The lowest BCUT2D eigenvalue weighted by molar-refractivity contribution is -0.117. The van der Waals surface area contributed by atoms with Crippen molar-refractivity contribution in [1.82, 2.24) is 9.80 Å². The van der Waals surface area contributed by atoms with Crippen molar-refractivity contribution in [3.63, 3.8) is 0 Å². The van der Waals surface area contributed by atoms with Crippen molar-refractivity contribution in [3.05, 3.63) is 65.7 Å². The molecule has 1 N–H and O–H groups in total. The minimum Gasteiger partial charge on any atom is -0.325 e. The molecule has 0 spiro atoms. The summed E-state index contributed by atoms with van der Waals surface area (Å²) >= 11 is 0. The van der Waals surface area contributed by atoms with Crippen molar-refractivity contribution in [2.75, 3.05) is 38.0 Å². The van der Waals surface area contributed by atoms with Gasteiger partial charge in [0.25, 0.3) is 0 Å². The van der Waals surface area contributed by atoms with Gasteiger partial charge in [0.2, 0.25) is 5.91 Å². The van der Waals surface area contributed by atoms with Gasteiger partial charge in [-0.3, -0.25) is 14.6 Å². The Bertz CT molecular complexity index is 696. The van der Waals surface area contributed by atoms with Gasteiger partial charge in [0, 0.05) is 44.5 Å². The molecule has 1 fully saturated rings. The first kappa shape index (κ1) is 17.5. The summed E-state index contributed by atoms with van der Waals surface area (Å²) in [5.41, 5.74) is 1.42. The van der Waals surface area contributed by atoms with Gasteiger partial charge >= 0.3 is 0 Å². The van der Waals surface area contributed by atoms with E-state index in [-0.39, 0.29) is 18.1 Å². The summed E-state index contributed by atoms with van der Waals surface area (Å²) in [6.45, 7) is 4.48. The average Bonchev–Trinajstić information content (AvgIpc) is 2.56. The number of nitrogens with zero attached hydrogens (tertiary/aromatic N) is 2. The minimum absolute atomic E-state index is 0.144. The zero-order chi connectivity index (χ0) is 17.6. The lowest BCUT2D eigenvalue weighted by atomic mass is 10.2. The number of piperazine rings is 1. The summed E-state index contributed by atoms with van der Waals surface area (Å²) in [5, 5.41) is 2.55. The third kappa shape index (κ3) is 5.34. The van der Waals surface area contributed by atoms with E-state index in [0.29, 0.717) is 0 Å². The maximum Gasteiger partial charge on any atom is 0.238 e. The molecule has 0 unspecified atom stereocenters. The molecule has 1 amide bonds. The van der Waals surface area contributed by atoms with Gasteiger partial charge in [-0.2, -0.15) is 0 Å². The molecule has 0 atom stereocenters. The predicted molar refractivity (Wildman–Crippen MR) is 93.1 cm³/mol. The number of benzene rings is 2. The molecule has 1 aliphatic rings. The quantitative estimate of drug-likeness (QED) is 0.905. The molecule has 0 aliphatic carbocycles. The SMILES string of the molecule is O=C(CN1CCN(Cc2ccccc2)CC1)Nc1cc(F)cc(F)c1. The Hall–Kier alpha value is -2.31. The van der Waals surface area contributed by atoms with E-state index in [2.05, 4.69) is 22.3 Å². The van der Waals surface area contributed by atoms with Crippen molar-refractivity contribution < 1.29 is 13.6 Å². The second-order valence-electron chi connectivity index (χ2n) is 6.24. The molecular weight excluding hydrogens is 324 g/mol. The van der Waals surface area contributed by atoms with Crippen molar-refractivity contribution in [1.29, 1.82) is 0 Å². The maximum absolute atomic E-state index is 13.2. The standard InChI is InChI=1S/C19H21F2N3O/c20-16-10-17(21)12-18(11-16)22-19(25)14-24-8-6-23(7-9-24)13-15-4-2-1-3-5-15/h1-5,10-12H,6-9,13-14H2,(H,22,25). The molecule has 0 aromatic heterocycles. The molecule has 1 saturated heterocycles. The number of carbonyl (C=O) groups is 1. The van der Waals surface area contributed by atoms with Gasteiger partial charge in [0.05, 0.1) is 6.54 Å². The molecule has 2 aromatic carbocycles. The molecule has 0 radical (unpaired) electrons. The van der Waals surface area contributed by atoms with E-state index in [9.17, 15) is 13.6 Å². The first-order valence-corrected chi connectivity index (χ1v) is 8.33. The Balaban J connectivity index is 1.44. The van der Waals surface area contributed by atoms with E-state index < -0.39 is 11.6 Å². The first-order chi connectivity index (χ1) is 12.1. The molecule has 6 heteroatoms. The number of hydrogen-bond acceptors (Lipinski definition) is 3. The molecule has 3 rings (SSSR count). The van der Waals surface area contributed by atoms with Crippen LogP contribution in [0, 0.1) is 11.6 Å². The molecule has 4 nitrogen and oxygen atoms in total. The zero-order valence-electron chi connectivity index (χ0n) is 13.9. The highest BCUT2D eigenvalue weighted by molar-refractivity contribution is 5.92. The lowest BCUT2D eigenvalue weighted by Gasteiger charge is -2.34. The summed E-state index contributed by atoms with van der Waals surface area (Å²) < 4.78 is 26.3. The van der Waals surface area contributed by atoms with E-state index in [4.69, 9.17) is 0 Å². The number of nitrogens with one attached hydrogen (secondary N) is 1. The van der Waals surface area contributed by atoms with Crippen molar-refractivity contribution >= 4 is 11.6 Å². The monoisotopic (exact) mass is 345 g/mol. The number of rotatable bonds is 5. The first-order valence-electron chi connectivity index (χ1n) is 8.33. The predicted octanol–water partition coefficient (Wildman–Crippen LogP) is 2.72. The molecule has 132 valence electrons. The minimum atomic E-state index is -0.704. The fourth-order valence-corrected chi connectivity index (χ4v) is 2.98. The van der Waals surface area contributed by atoms with Gasteiger partial charge in [-0.25, -0.2) is 8.78 Å². The van der Waals surface area contributed by atoms with Crippen molar-refractivity contribution in [2.24, 2.45) is 0 Å². The van der Waals surface area contributed by atoms with E-state index in [1.807, 2.05) is 23.1 Å². The van der Waals surface area contributed by atoms with Crippen LogP contribution in [0.3, 0.4) is 0 Å². The number of amides is 1. The number of halogens is 2. The smallest absolute Gasteiger partial charge is 0.238 e. The van der Waals surface area contributed by atoms with E-state index in [1.165, 1.54) is 5.56 Å². The second-order valence-corrected chi connectivity index (χ2v) is 6.24. The summed E-state index contributed by atoms with van der Waals surface area (Å²) in [5.74, 6) is -1.67. The van der Waals surface area contributed by atoms with Crippen LogP contribution in [0.25, 0.3) is 0 Å². The number of anilines is 1. The van der Waals surface area contributed by atoms with Crippen molar-refractivity contribution in [2.45, 2.75) is 6.54 Å². The van der Waals surface area contributed by atoms with Crippen LogP contribution in [0.2, 0.25) is 0 Å². The van der Waals surface area contributed by atoms with Crippen LogP contribution in [-0.4, -0.2) is 48.4 Å². The van der Waals surface area contributed by atoms with Crippen LogP contribution in [-0.2, 0) is 11.3 Å². The topological polar surface area (TPSA) is 35.6 Å². The summed E-state index contributed by atoms with van der Waals surface area (Å²) in [6.07, 6.45) is 0. The average molecular weight is 345 g/mol. The van der Waals surface area contributed by atoms with Crippen LogP contribution >= 0.6 is 0 Å². The van der Waals surface area contributed by atoms with E-state index in [1.54, 1.807) is 0 Å². The summed E-state index contributed by atoms with van der Waals surface area (Å²) in [6, 6.07) is 13.3. The second kappa shape index (κ2) is 8.18. The zero-order valence-corrected chi connectivity index (χ0v) is 13.9. The molecule has 0 saturated carbocycles. The molecule has 25 heavy (non-hydrogen) atoms. The van der Waals surface area contributed by atoms with Crippen LogP contribution in [0.1, 0.15) is 5.56 Å².